The summed E-state index contributed by atoms with van der Waals surface area (Å²) in [5.74, 6) is 0.0201. The average Bonchev–Trinajstić information content (AvgIpc) is 3.00. The van der Waals surface area contributed by atoms with Gasteiger partial charge in [-0.15, -0.1) is 0 Å². The number of nitrogens with zero attached hydrogens (tertiary/aromatic N) is 1. The van der Waals surface area contributed by atoms with Gasteiger partial charge in [-0.2, -0.15) is 0 Å². The van der Waals surface area contributed by atoms with Gasteiger partial charge in [0.2, 0.25) is 5.91 Å². The molecule has 1 saturated carbocycles. The molecule has 3 heteroatoms. The zero-order valence-electron chi connectivity index (χ0n) is 11.0. The van der Waals surface area contributed by atoms with E-state index in [1.54, 1.807) is 6.08 Å². The lowest BCUT2D eigenvalue weighted by atomic mass is 10.1. The molecule has 2 fully saturated rings. The normalized spacial score (nSPS) is 24.9. The topological polar surface area (TPSA) is 40.5 Å². The Hall–Kier alpha value is -1.61. The molecule has 3 nitrogen and oxygen atoms in total. The number of carbonyl (C=O) groups excluding carboxylic acids is 1. The third kappa shape index (κ3) is 2.56. The number of rotatable bonds is 3. The molecule has 1 atom stereocenters. The second-order valence-electron chi connectivity index (χ2n) is 5.54. The van der Waals surface area contributed by atoms with Gasteiger partial charge in [-0.1, -0.05) is 30.3 Å². The zero-order valence-corrected chi connectivity index (χ0v) is 11.0. The summed E-state index contributed by atoms with van der Waals surface area (Å²) in [6, 6.07) is 9.84. The van der Waals surface area contributed by atoms with Gasteiger partial charge in [-0.25, -0.2) is 0 Å². The van der Waals surface area contributed by atoms with Crippen LogP contribution in [0.1, 0.15) is 31.2 Å². The lowest BCUT2D eigenvalue weighted by Crippen LogP contribution is -2.43. The molecule has 1 N–H and O–H groups in total. The third-order valence-electron chi connectivity index (χ3n) is 4.14. The Morgan fingerprint density at radius 3 is 2.74 bits per heavy atom. The number of hydrogen-bond acceptors (Lipinski definition) is 2. The Labute approximate surface area is 113 Å². The van der Waals surface area contributed by atoms with E-state index in [9.17, 15) is 9.90 Å². The van der Waals surface area contributed by atoms with Crippen LogP contribution in [0.15, 0.2) is 36.4 Å². The lowest BCUT2D eigenvalue weighted by molar-refractivity contribution is -0.129. The number of aliphatic hydroxyl groups is 1. The van der Waals surface area contributed by atoms with Gasteiger partial charge >= 0.3 is 0 Å². The summed E-state index contributed by atoms with van der Waals surface area (Å²) < 4.78 is 0. The third-order valence-corrected chi connectivity index (χ3v) is 4.14. The van der Waals surface area contributed by atoms with Crippen LogP contribution in [0.2, 0.25) is 0 Å². The first-order valence-corrected chi connectivity index (χ1v) is 6.95. The predicted octanol–water partition coefficient (Wildman–Crippen LogP) is 2.22. The largest absolute Gasteiger partial charge is 0.388 e. The molecule has 1 aliphatic carbocycles. The van der Waals surface area contributed by atoms with Crippen molar-refractivity contribution in [2.45, 2.75) is 37.3 Å². The van der Waals surface area contributed by atoms with Gasteiger partial charge in [-0.3, -0.25) is 4.79 Å². The van der Waals surface area contributed by atoms with Crippen LogP contribution in [-0.2, 0) is 4.79 Å². The molecule has 1 heterocycles. The number of carbonyl (C=O) groups is 1. The smallest absolute Gasteiger partial charge is 0.246 e. The maximum atomic E-state index is 12.2. The molecule has 1 unspecified atom stereocenters. The van der Waals surface area contributed by atoms with Crippen molar-refractivity contribution in [3.8, 4) is 0 Å². The summed E-state index contributed by atoms with van der Waals surface area (Å²) in [7, 11) is 0. The fourth-order valence-electron chi connectivity index (χ4n) is 2.88. The van der Waals surface area contributed by atoms with Crippen LogP contribution >= 0.6 is 0 Å². The van der Waals surface area contributed by atoms with Gasteiger partial charge in [0.1, 0.15) is 0 Å². The monoisotopic (exact) mass is 257 g/mol. The second kappa shape index (κ2) is 4.82. The van der Waals surface area contributed by atoms with Crippen LogP contribution in [-0.4, -0.2) is 34.1 Å². The first-order chi connectivity index (χ1) is 9.19. The van der Waals surface area contributed by atoms with Crippen molar-refractivity contribution in [3.05, 3.63) is 42.0 Å². The molecular weight excluding hydrogens is 238 g/mol. The number of hydrogen-bond donors (Lipinski definition) is 1. The summed E-state index contributed by atoms with van der Waals surface area (Å²) in [6.45, 7) is 0.769. The van der Waals surface area contributed by atoms with E-state index in [-0.39, 0.29) is 11.9 Å². The fourth-order valence-corrected chi connectivity index (χ4v) is 2.88. The number of amides is 1. The lowest BCUT2D eigenvalue weighted by Gasteiger charge is -2.27. The molecule has 2 aliphatic rings. The van der Waals surface area contributed by atoms with E-state index in [1.807, 2.05) is 41.3 Å². The van der Waals surface area contributed by atoms with Crippen molar-refractivity contribution < 1.29 is 9.90 Å². The van der Waals surface area contributed by atoms with E-state index in [1.165, 1.54) is 0 Å². The van der Waals surface area contributed by atoms with Gasteiger partial charge in [0.05, 0.1) is 11.6 Å². The molecule has 0 bridgehead atoms. The van der Waals surface area contributed by atoms with E-state index in [0.29, 0.717) is 0 Å². The molecule has 0 aromatic heterocycles. The first kappa shape index (κ1) is 12.4. The predicted molar refractivity (Wildman–Crippen MR) is 74.4 cm³/mol. The number of benzene rings is 1. The van der Waals surface area contributed by atoms with Crippen LogP contribution < -0.4 is 0 Å². The van der Waals surface area contributed by atoms with Crippen LogP contribution in [0.25, 0.3) is 6.08 Å². The molecule has 0 radical (unpaired) electrons. The summed E-state index contributed by atoms with van der Waals surface area (Å²) in [6.07, 6.45) is 7.07. The van der Waals surface area contributed by atoms with Crippen LogP contribution in [0, 0.1) is 0 Å². The highest BCUT2D eigenvalue weighted by molar-refractivity contribution is 5.92. The van der Waals surface area contributed by atoms with E-state index in [2.05, 4.69) is 0 Å². The van der Waals surface area contributed by atoms with E-state index in [4.69, 9.17) is 0 Å². The van der Waals surface area contributed by atoms with Gasteiger partial charge in [0.15, 0.2) is 0 Å². The Morgan fingerprint density at radius 1 is 1.32 bits per heavy atom. The highest BCUT2D eigenvalue weighted by Crippen LogP contribution is 2.44. The highest BCUT2D eigenvalue weighted by Gasteiger charge is 2.52. The molecule has 19 heavy (non-hydrogen) atoms. The van der Waals surface area contributed by atoms with Gasteiger partial charge in [-0.05, 0) is 37.3 Å². The molecule has 3 rings (SSSR count). The Balaban J connectivity index is 1.68. The molecule has 1 aromatic rings. The maximum Gasteiger partial charge on any atom is 0.246 e. The number of likely N-dealkylation sites (tertiary alicyclic amines) is 1. The molecule has 100 valence electrons. The standard InChI is InChI=1S/C16H19NO2/c18-15(9-8-13-5-2-1-3-6-13)17-12-4-7-14(17)16(19)10-11-16/h1-3,5-6,8-9,14,19H,4,7,10-12H2. The average molecular weight is 257 g/mol. The van der Waals surface area contributed by atoms with Crippen LogP contribution in [0.3, 0.4) is 0 Å². The Bertz CT molecular complexity index is 491. The summed E-state index contributed by atoms with van der Waals surface area (Å²) in [5, 5.41) is 10.2. The minimum atomic E-state index is -0.591. The zero-order chi connectivity index (χ0) is 13.3. The van der Waals surface area contributed by atoms with E-state index < -0.39 is 5.60 Å². The van der Waals surface area contributed by atoms with Crippen molar-refractivity contribution in [1.29, 1.82) is 0 Å². The van der Waals surface area contributed by atoms with E-state index in [0.717, 1.165) is 37.8 Å². The molecule has 1 aliphatic heterocycles. The van der Waals surface area contributed by atoms with Crippen LogP contribution in [0.4, 0.5) is 0 Å². The molecule has 1 amide bonds. The Morgan fingerprint density at radius 2 is 2.05 bits per heavy atom. The molecule has 1 aromatic carbocycles. The fraction of sp³-hybridized carbons (Fsp3) is 0.438. The molecular formula is C16H19NO2. The van der Waals surface area contributed by atoms with Gasteiger partial charge < -0.3 is 10.0 Å². The second-order valence-corrected chi connectivity index (χ2v) is 5.54. The van der Waals surface area contributed by atoms with Gasteiger partial charge in [0, 0.05) is 12.6 Å². The van der Waals surface area contributed by atoms with Crippen molar-refractivity contribution in [2.75, 3.05) is 6.54 Å². The molecule has 0 spiro atoms. The van der Waals surface area contributed by atoms with Crippen molar-refractivity contribution >= 4 is 12.0 Å². The maximum absolute atomic E-state index is 12.2. The summed E-state index contributed by atoms with van der Waals surface area (Å²) in [5.41, 5.74) is 0.434. The van der Waals surface area contributed by atoms with Gasteiger partial charge in [0.25, 0.3) is 0 Å². The van der Waals surface area contributed by atoms with E-state index >= 15 is 0 Å². The summed E-state index contributed by atoms with van der Waals surface area (Å²) >= 11 is 0. The van der Waals surface area contributed by atoms with Crippen molar-refractivity contribution in [3.63, 3.8) is 0 Å². The SMILES string of the molecule is O=C(C=Cc1ccccc1)N1CCCC1C1(O)CC1. The first-order valence-electron chi connectivity index (χ1n) is 6.95. The van der Waals surface area contributed by atoms with Crippen molar-refractivity contribution in [2.24, 2.45) is 0 Å². The minimum absolute atomic E-state index is 0.0201. The Kier molecular flexibility index (Phi) is 3.15. The van der Waals surface area contributed by atoms with Crippen LogP contribution in [0.5, 0.6) is 0 Å². The molecule has 1 saturated heterocycles. The highest BCUT2D eigenvalue weighted by atomic mass is 16.3. The summed E-state index contributed by atoms with van der Waals surface area (Å²) in [4.78, 5) is 14.1. The van der Waals surface area contributed by atoms with Crippen molar-refractivity contribution in [1.82, 2.24) is 4.90 Å². The minimum Gasteiger partial charge on any atom is -0.388 e. The quantitative estimate of drug-likeness (QED) is 0.843.